The van der Waals surface area contributed by atoms with Gasteiger partial charge in [0, 0.05) is 35.7 Å². The van der Waals surface area contributed by atoms with E-state index in [1.54, 1.807) is 6.07 Å². The molecular formula is C23H25Cl2NO2. The molecule has 0 bridgehead atoms. The number of aliphatic imine (C=N–C) groups is 1. The van der Waals surface area contributed by atoms with Gasteiger partial charge in [0.2, 0.25) is 0 Å². The topological polar surface area (TPSA) is 46.5 Å². The van der Waals surface area contributed by atoms with Gasteiger partial charge < -0.3 is 0 Å². The van der Waals surface area contributed by atoms with Crippen LogP contribution in [0, 0.1) is 16.7 Å². The fourth-order valence-electron chi connectivity index (χ4n) is 5.08. The molecule has 0 N–H and O–H groups in total. The van der Waals surface area contributed by atoms with Crippen LogP contribution in [-0.4, -0.2) is 17.3 Å². The summed E-state index contributed by atoms with van der Waals surface area (Å²) in [6.45, 7) is 8.42. The number of nitrogens with zero attached hydrogens (tertiary/aromatic N) is 1. The molecule has 4 rings (SSSR count). The molecule has 5 heteroatoms. The zero-order valence-electron chi connectivity index (χ0n) is 16.7. The first-order chi connectivity index (χ1) is 13.0. The summed E-state index contributed by atoms with van der Waals surface area (Å²) >= 11 is 12.4. The summed E-state index contributed by atoms with van der Waals surface area (Å²) in [5, 5.41) is 0.911. The highest BCUT2D eigenvalue weighted by Gasteiger charge is 2.49. The van der Waals surface area contributed by atoms with E-state index >= 15 is 0 Å². The minimum Gasteiger partial charge on any atom is -0.299 e. The molecule has 0 spiro atoms. The van der Waals surface area contributed by atoms with Crippen LogP contribution in [0.2, 0.25) is 10.0 Å². The van der Waals surface area contributed by atoms with Gasteiger partial charge in [0.1, 0.15) is 5.78 Å². The molecule has 2 unspecified atom stereocenters. The molecule has 148 valence electrons. The van der Waals surface area contributed by atoms with Crippen molar-refractivity contribution >= 4 is 40.5 Å². The minimum atomic E-state index is -0.380. The summed E-state index contributed by atoms with van der Waals surface area (Å²) in [6, 6.07) is 5.45. The van der Waals surface area contributed by atoms with Crippen molar-refractivity contribution in [3.05, 3.63) is 45.1 Å². The molecule has 3 aliphatic rings. The summed E-state index contributed by atoms with van der Waals surface area (Å²) in [5.74, 6) is -0.434. The Morgan fingerprint density at radius 2 is 1.57 bits per heavy atom. The molecular weight excluding hydrogens is 393 g/mol. The van der Waals surface area contributed by atoms with Gasteiger partial charge in [0.15, 0.2) is 5.78 Å². The van der Waals surface area contributed by atoms with Crippen molar-refractivity contribution < 1.29 is 9.59 Å². The lowest BCUT2D eigenvalue weighted by molar-refractivity contribution is -0.124. The van der Waals surface area contributed by atoms with Crippen LogP contribution in [0.5, 0.6) is 0 Å². The number of hydrogen-bond acceptors (Lipinski definition) is 3. The Kier molecular flexibility index (Phi) is 4.63. The largest absolute Gasteiger partial charge is 0.299 e. The fraction of sp³-hybridized carbons (Fsp3) is 0.522. The number of ketones is 2. The van der Waals surface area contributed by atoms with Crippen molar-refractivity contribution in [1.29, 1.82) is 0 Å². The van der Waals surface area contributed by atoms with Crippen LogP contribution in [0.25, 0.3) is 0 Å². The second-order valence-corrected chi connectivity index (χ2v) is 10.8. The first-order valence-corrected chi connectivity index (χ1v) is 10.5. The third-order valence-corrected chi connectivity index (χ3v) is 6.88. The van der Waals surface area contributed by atoms with Gasteiger partial charge in [-0.2, -0.15) is 0 Å². The van der Waals surface area contributed by atoms with Gasteiger partial charge in [-0.05, 0) is 41.4 Å². The molecule has 0 radical (unpaired) electrons. The second kappa shape index (κ2) is 6.53. The van der Waals surface area contributed by atoms with Crippen LogP contribution >= 0.6 is 23.2 Å². The molecule has 1 fully saturated rings. The minimum absolute atomic E-state index is 0.0998. The van der Waals surface area contributed by atoms with Crippen LogP contribution in [0.4, 0.5) is 0 Å². The molecule has 0 amide bonds. The van der Waals surface area contributed by atoms with Crippen LogP contribution in [0.1, 0.15) is 64.9 Å². The van der Waals surface area contributed by atoms with Crippen molar-refractivity contribution in [3.8, 4) is 0 Å². The Hall–Kier alpha value is -1.45. The van der Waals surface area contributed by atoms with Crippen molar-refractivity contribution in [1.82, 2.24) is 0 Å². The van der Waals surface area contributed by atoms with Crippen LogP contribution in [-0.2, 0) is 9.59 Å². The van der Waals surface area contributed by atoms with Crippen molar-refractivity contribution in [2.45, 2.75) is 59.3 Å². The number of halogens is 2. The first-order valence-electron chi connectivity index (χ1n) is 9.79. The summed E-state index contributed by atoms with van der Waals surface area (Å²) < 4.78 is 0. The smallest absolute Gasteiger partial charge is 0.161 e. The SMILES string of the molecule is CC1(C)CC(=O)C2C(=NC3=C(C(=O)CC(C)(C)C3)C2c2ccc(Cl)c(Cl)c2)C1. The molecule has 3 nitrogen and oxygen atoms in total. The van der Waals surface area contributed by atoms with E-state index in [9.17, 15) is 9.59 Å². The number of fused-ring (bicyclic) bond motifs is 1. The van der Waals surface area contributed by atoms with Gasteiger partial charge in [-0.15, -0.1) is 0 Å². The number of allylic oxidation sites excluding steroid dienone is 2. The molecule has 1 aliphatic heterocycles. The first kappa shape index (κ1) is 19.8. The van der Waals surface area contributed by atoms with Gasteiger partial charge in [0.25, 0.3) is 0 Å². The zero-order valence-corrected chi connectivity index (χ0v) is 18.2. The number of hydrogen-bond donors (Lipinski definition) is 0. The molecule has 0 saturated heterocycles. The van der Waals surface area contributed by atoms with Crippen molar-refractivity contribution in [2.24, 2.45) is 21.7 Å². The normalized spacial score (nSPS) is 28.6. The second-order valence-electron chi connectivity index (χ2n) is 10.0. The number of carbonyl (C=O) groups is 2. The van der Waals surface area contributed by atoms with E-state index in [-0.39, 0.29) is 34.2 Å². The molecule has 1 saturated carbocycles. The van der Waals surface area contributed by atoms with E-state index in [0.29, 0.717) is 28.5 Å². The van der Waals surface area contributed by atoms with Gasteiger partial charge in [-0.25, -0.2) is 0 Å². The lowest BCUT2D eigenvalue weighted by Gasteiger charge is -2.44. The molecule has 28 heavy (non-hydrogen) atoms. The summed E-state index contributed by atoms with van der Waals surface area (Å²) in [5.41, 5.74) is 3.12. The molecule has 1 aromatic rings. The van der Waals surface area contributed by atoms with Crippen molar-refractivity contribution in [3.63, 3.8) is 0 Å². The lowest BCUT2D eigenvalue weighted by Crippen LogP contribution is -2.45. The van der Waals surface area contributed by atoms with Gasteiger partial charge in [0.05, 0.1) is 16.0 Å². The average molecular weight is 418 g/mol. The highest BCUT2D eigenvalue weighted by Crippen LogP contribution is 2.51. The van der Waals surface area contributed by atoms with Gasteiger partial charge in [-0.1, -0.05) is 57.0 Å². The standard InChI is InChI=1S/C23H25Cl2NO2/c1-22(2)8-15-20(17(27)10-22)19(12-5-6-13(24)14(25)7-12)21-16(26-15)9-23(3,4)11-18(21)28/h5-7,19-20H,8-11H2,1-4H3. The van der Waals surface area contributed by atoms with Crippen molar-refractivity contribution in [2.75, 3.05) is 0 Å². The number of benzene rings is 1. The Morgan fingerprint density at radius 1 is 0.893 bits per heavy atom. The fourth-order valence-corrected chi connectivity index (χ4v) is 5.38. The monoisotopic (exact) mass is 417 g/mol. The van der Waals surface area contributed by atoms with E-state index in [1.165, 1.54) is 0 Å². The summed E-state index contributed by atoms with van der Waals surface area (Å²) in [6.07, 6.45) is 2.49. The maximum atomic E-state index is 13.2. The Morgan fingerprint density at radius 3 is 2.25 bits per heavy atom. The Labute approximate surface area is 176 Å². The van der Waals surface area contributed by atoms with E-state index in [4.69, 9.17) is 28.2 Å². The third-order valence-electron chi connectivity index (χ3n) is 6.14. The quantitative estimate of drug-likeness (QED) is 0.547. The average Bonchev–Trinajstić information content (AvgIpc) is 2.53. The van der Waals surface area contributed by atoms with Gasteiger partial charge in [-0.3, -0.25) is 14.6 Å². The van der Waals surface area contributed by atoms with Crippen LogP contribution in [0.15, 0.2) is 34.5 Å². The van der Waals surface area contributed by atoms with Gasteiger partial charge >= 0.3 is 0 Å². The highest BCUT2D eigenvalue weighted by atomic mass is 35.5. The molecule has 2 aliphatic carbocycles. The Balaban J connectivity index is 1.92. The maximum Gasteiger partial charge on any atom is 0.161 e. The lowest BCUT2D eigenvalue weighted by atomic mass is 9.60. The predicted molar refractivity (Wildman–Crippen MR) is 113 cm³/mol. The summed E-state index contributed by atoms with van der Waals surface area (Å²) in [4.78, 5) is 31.3. The van der Waals surface area contributed by atoms with Crippen LogP contribution in [0.3, 0.4) is 0 Å². The van der Waals surface area contributed by atoms with E-state index in [1.807, 2.05) is 12.1 Å². The zero-order chi connectivity index (χ0) is 20.4. The third kappa shape index (κ3) is 3.37. The summed E-state index contributed by atoms with van der Waals surface area (Å²) in [7, 11) is 0. The maximum absolute atomic E-state index is 13.2. The molecule has 0 aromatic heterocycles. The Bertz CT molecular complexity index is 955. The molecule has 2 atom stereocenters. The number of Topliss-reactive ketones (excluding diaryl/α,β-unsaturated/α-hetero) is 2. The number of carbonyl (C=O) groups excluding carboxylic acids is 2. The van der Waals surface area contributed by atoms with E-state index in [2.05, 4.69) is 27.7 Å². The molecule has 1 heterocycles. The van der Waals surface area contributed by atoms with E-state index in [0.717, 1.165) is 29.8 Å². The highest BCUT2D eigenvalue weighted by molar-refractivity contribution is 6.42. The predicted octanol–water partition coefficient (Wildman–Crippen LogP) is 6.18. The number of rotatable bonds is 1. The molecule has 1 aromatic carbocycles. The van der Waals surface area contributed by atoms with Crippen LogP contribution < -0.4 is 0 Å². The van der Waals surface area contributed by atoms with E-state index < -0.39 is 0 Å².